The SMILES string of the molecule is CCCCCCOc1cc(CNCCC)ccc1OC. The second kappa shape index (κ2) is 10.6. The Labute approximate surface area is 123 Å². The molecule has 0 unspecified atom stereocenters. The summed E-state index contributed by atoms with van der Waals surface area (Å²) in [5, 5.41) is 3.40. The normalized spacial score (nSPS) is 10.6. The van der Waals surface area contributed by atoms with E-state index in [0.717, 1.165) is 44.0 Å². The number of hydrogen-bond acceptors (Lipinski definition) is 3. The average Bonchev–Trinajstić information content (AvgIpc) is 2.47. The van der Waals surface area contributed by atoms with Crippen molar-refractivity contribution in [2.45, 2.75) is 52.5 Å². The molecule has 0 radical (unpaired) electrons. The Balaban J connectivity index is 2.50. The van der Waals surface area contributed by atoms with Gasteiger partial charge >= 0.3 is 0 Å². The molecule has 0 aliphatic rings. The third-order valence-corrected chi connectivity index (χ3v) is 3.24. The van der Waals surface area contributed by atoms with Crippen molar-refractivity contribution in [3.8, 4) is 11.5 Å². The maximum Gasteiger partial charge on any atom is 0.161 e. The van der Waals surface area contributed by atoms with Crippen molar-refractivity contribution < 1.29 is 9.47 Å². The Morgan fingerprint density at radius 2 is 1.85 bits per heavy atom. The van der Waals surface area contributed by atoms with Gasteiger partial charge < -0.3 is 14.8 Å². The highest BCUT2D eigenvalue weighted by molar-refractivity contribution is 5.42. The van der Waals surface area contributed by atoms with Crippen molar-refractivity contribution >= 4 is 0 Å². The number of benzene rings is 1. The summed E-state index contributed by atoms with van der Waals surface area (Å²) in [6, 6.07) is 6.16. The van der Waals surface area contributed by atoms with Gasteiger partial charge in [0.1, 0.15) is 0 Å². The fraction of sp³-hybridized carbons (Fsp3) is 0.647. The van der Waals surface area contributed by atoms with Gasteiger partial charge in [0.2, 0.25) is 0 Å². The minimum atomic E-state index is 0.766. The Morgan fingerprint density at radius 3 is 2.55 bits per heavy atom. The van der Waals surface area contributed by atoms with E-state index in [1.807, 2.05) is 6.07 Å². The van der Waals surface area contributed by atoms with Crippen LogP contribution in [0.5, 0.6) is 11.5 Å². The molecule has 0 saturated heterocycles. The molecule has 1 N–H and O–H groups in total. The zero-order valence-corrected chi connectivity index (χ0v) is 13.2. The van der Waals surface area contributed by atoms with Crippen LogP contribution in [0.3, 0.4) is 0 Å². The van der Waals surface area contributed by atoms with Crippen molar-refractivity contribution in [1.82, 2.24) is 5.32 Å². The first-order valence-corrected chi connectivity index (χ1v) is 7.82. The van der Waals surface area contributed by atoms with E-state index in [2.05, 4.69) is 31.3 Å². The molecule has 0 heterocycles. The van der Waals surface area contributed by atoms with Crippen molar-refractivity contribution in [1.29, 1.82) is 0 Å². The molecule has 0 atom stereocenters. The summed E-state index contributed by atoms with van der Waals surface area (Å²) in [6.07, 6.45) is 6.02. The molecule has 0 amide bonds. The van der Waals surface area contributed by atoms with Crippen LogP contribution in [0.1, 0.15) is 51.5 Å². The maximum absolute atomic E-state index is 5.87. The minimum Gasteiger partial charge on any atom is -0.493 e. The van der Waals surface area contributed by atoms with E-state index >= 15 is 0 Å². The van der Waals surface area contributed by atoms with Gasteiger partial charge in [-0.2, -0.15) is 0 Å². The summed E-state index contributed by atoms with van der Waals surface area (Å²) >= 11 is 0. The highest BCUT2D eigenvalue weighted by Gasteiger charge is 2.05. The van der Waals surface area contributed by atoms with Crippen LogP contribution in [0, 0.1) is 0 Å². The summed E-state index contributed by atoms with van der Waals surface area (Å²) in [7, 11) is 1.69. The quantitative estimate of drug-likeness (QED) is 0.617. The van der Waals surface area contributed by atoms with Gasteiger partial charge in [-0.15, -0.1) is 0 Å². The number of methoxy groups -OCH3 is 1. The highest BCUT2D eigenvalue weighted by Crippen LogP contribution is 2.28. The summed E-state index contributed by atoms with van der Waals surface area (Å²) in [4.78, 5) is 0. The molecule has 0 saturated carbocycles. The molecular formula is C17H29NO2. The lowest BCUT2D eigenvalue weighted by Gasteiger charge is -2.12. The first-order chi connectivity index (χ1) is 9.81. The van der Waals surface area contributed by atoms with Gasteiger partial charge in [0, 0.05) is 6.54 Å². The fourth-order valence-corrected chi connectivity index (χ4v) is 2.06. The minimum absolute atomic E-state index is 0.766. The second-order valence-electron chi connectivity index (χ2n) is 5.07. The van der Waals surface area contributed by atoms with E-state index in [9.17, 15) is 0 Å². The largest absolute Gasteiger partial charge is 0.493 e. The summed E-state index contributed by atoms with van der Waals surface area (Å²) in [5.41, 5.74) is 1.24. The molecule has 0 spiro atoms. The van der Waals surface area contributed by atoms with Crippen LogP contribution < -0.4 is 14.8 Å². The predicted molar refractivity (Wildman–Crippen MR) is 84.6 cm³/mol. The van der Waals surface area contributed by atoms with Gasteiger partial charge in [-0.25, -0.2) is 0 Å². The monoisotopic (exact) mass is 279 g/mol. The smallest absolute Gasteiger partial charge is 0.161 e. The lowest BCUT2D eigenvalue weighted by molar-refractivity contribution is 0.285. The van der Waals surface area contributed by atoms with Crippen LogP contribution >= 0.6 is 0 Å². The Morgan fingerprint density at radius 1 is 1.00 bits per heavy atom. The average molecular weight is 279 g/mol. The van der Waals surface area contributed by atoms with Gasteiger partial charge in [0.25, 0.3) is 0 Å². The molecular weight excluding hydrogens is 250 g/mol. The Bertz CT molecular complexity index is 366. The van der Waals surface area contributed by atoms with E-state index in [-0.39, 0.29) is 0 Å². The molecule has 0 bridgehead atoms. The van der Waals surface area contributed by atoms with Crippen LogP contribution in [-0.2, 0) is 6.54 Å². The van der Waals surface area contributed by atoms with E-state index in [1.54, 1.807) is 7.11 Å². The molecule has 0 aromatic heterocycles. The number of hydrogen-bond donors (Lipinski definition) is 1. The number of unbranched alkanes of at least 4 members (excludes halogenated alkanes) is 3. The van der Waals surface area contributed by atoms with Crippen molar-refractivity contribution in [3.63, 3.8) is 0 Å². The molecule has 0 fully saturated rings. The number of rotatable bonds is 11. The third kappa shape index (κ3) is 6.29. The fourth-order valence-electron chi connectivity index (χ4n) is 2.06. The van der Waals surface area contributed by atoms with Gasteiger partial charge in [0.15, 0.2) is 11.5 Å². The third-order valence-electron chi connectivity index (χ3n) is 3.24. The summed E-state index contributed by atoms with van der Waals surface area (Å²) in [5.74, 6) is 1.68. The first kappa shape index (κ1) is 16.8. The van der Waals surface area contributed by atoms with Crippen LogP contribution in [0.25, 0.3) is 0 Å². The molecule has 1 rings (SSSR count). The highest BCUT2D eigenvalue weighted by atomic mass is 16.5. The van der Waals surface area contributed by atoms with Crippen molar-refractivity contribution in [2.24, 2.45) is 0 Å². The van der Waals surface area contributed by atoms with Crippen molar-refractivity contribution in [2.75, 3.05) is 20.3 Å². The molecule has 1 aromatic rings. The Kier molecular flexibility index (Phi) is 8.88. The van der Waals surface area contributed by atoms with Crippen LogP contribution in [0.4, 0.5) is 0 Å². The summed E-state index contributed by atoms with van der Waals surface area (Å²) < 4.78 is 11.2. The molecule has 114 valence electrons. The predicted octanol–water partition coefficient (Wildman–Crippen LogP) is 4.15. The molecule has 1 aromatic carbocycles. The number of ether oxygens (including phenoxy) is 2. The van der Waals surface area contributed by atoms with E-state index in [0.29, 0.717) is 0 Å². The maximum atomic E-state index is 5.87. The second-order valence-corrected chi connectivity index (χ2v) is 5.07. The van der Waals surface area contributed by atoms with Crippen LogP contribution in [-0.4, -0.2) is 20.3 Å². The van der Waals surface area contributed by atoms with E-state index in [1.165, 1.54) is 24.8 Å². The van der Waals surface area contributed by atoms with Crippen LogP contribution in [0.2, 0.25) is 0 Å². The standard InChI is InChI=1S/C17H29NO2/c1-4-6-7-8-12-20-17-13-15(14-18-11-5-2)9-10-16(17)19-3/h9-10,13,18H,4-8,11-12,14H2,1-3H3. The van der Waals surface area contributed by atoms with E-state index in [4.69, 9.17) is 9.47 Å². The zero-order chi connectivity index (χ0) is 14.6. The molecule has 3 nitrogen and oxygen atoms in total. The number of nitrogens with one attached hydrogen (secondary N) is 1. The lowest BCUT2D eigenvalue weighted by Crippen LogP contribution is -2.13. The van der Waals surface area contributed by atoms with Crippen LogP contribution in [0.15, 0.2) is 18.2 Å². The van der Waals surface area contributed by atoms with Crippen molar-refractivity contribution in [3.05, 3.63) is 23.8 Å². The Hall–Kier alpha value is -1.22. The molecule has 0 aliphatic heterocycles. The molecule has 20 heavy (non-hydrogen) atoms. The van der Waals surface area contributed by atoms with E-state index < -0.39 is 0 Å². The molecule has 3 heteroatoms. The summed E-state index contributed by atoms with van der Waals surface area (Å²) in [6.45, 7) is 7.08. The van der Waals surface area contributed by atoms with Gasteiger partial charge in [-0.05, 0) is 37.1 Å². The van der Waals surface area contributed by atoms with Gasteiger partial charge in [-0.3, -0.25) is 0 Å². The molecule has 0 aliphatic carbocycles. The van der Waals surface area contributed by atoms with Gasteiger partial charge in [-0.1, -0.05) is 39.2 Å². The van der Waals surface area contributed by atoms with Gasteiger partial charge in [0.05, 0.1) is 13.7 Å². The lowest BCUT2D eigenvalue weighted by atomic mass is 10.2. The zero-order valence-electron chi connectivity index (χ0n) is 13.2. The first-order valence-electron chi connectivity index (χ1n) is 7.82. The topological polar surface area (TPSA) is 30.5 Å².